The maximum Gasteiger partial charge on any atom is 0.207 e. The molecule has 1 unspecified atom stereocenters. The molecule has 0 fully saturated rings. The quantitative estimate of drug-likeness (QED) is 0.174. The van der Waals surface area contributed by atoms with E-state index in [1.54, 1.807) is 6.20 Å². The molecule has 1 aliphatic rings. The molecule has 1 aliphatic heterocycles. The Morgan fingerprint density at radius 2 is 1.53 bits per heavy atom. The second-order valence-electron chi connectivity index (χ2n) is 8.61. The topological polar surface area (TPSA) is 78.5 Å². The van der Waals surface area contributed by atoms with Crippen molar-refractivity contribution in [2.24, 2.45) is 10.7 Å². The minimum Gasteiger partial charge on any atom is -0.544 e. The van der Waals surface area contributed by atoms with Gasteiger partial charge in [-0.2, -0.15) is 0 Å². The van der Waals surface area contributed by atoms with Crippen molar-refractivity contribution in [3.63, 3.8) is 0 Å². The predicted octanol–water partition coefficient (Wildman–Crippen LogP) is 4.82. The number of carbonyl (C=O) groups is 1. The second-order valence-corrected chi connectivity index (χ2v) is 8.61. The maximum atomic E-state index is 11.1. The molecule has 0 spiro atoms. The van der Waals surface area contributed by atoms with Crippen molar-refractivity contribution < 1.29 is 14.4 Å². The lowest BCUT2D eigenvalue weighted by molar-refractivity contribution is -0.780. The molecule has 0 aromatic heterocycles. The van der Waals surface area contributed by atoms with E-state index in [0.717, 1.165) is 18.7 Å². The van der Waals surface area contributed by atoms with Gasteiger partial charge in [0.2, 0.25) is 5.84 Å². The Balaban J connectivity index is 1.99. The minimum absolute atomic E-state index is 0.0683. The number of aliphatic carboxylic acids is 1. The Hall–Kier alpha value is -1.46. The summed E-state index contributed by atoms with van der Waals surface area (Å²) in [5.41, 5.74) is 5.70. The fourth-order valence-corrected chi connectivity index (χ4v) is 4.15. The van der Waals surface area contributed by atoms with Crippen molar-refractivity contribution in [1.29, 1.82) is 0 Å². The van der Waals surface area contributed by atoms with Crippen molar-refractivity contribution in [2.45, 2.75) is 103 Å². The van der Waals surface area contributed by atoms with E-state index in [1.807, 2.05) is 6.20 Å². The smallest absolute Gasteiger partial charge is 0.207 e. The molecule has 0 bridgehead atoms. The molecular weight excluding hydrogens is 374 g/mol. The monoisotopic (exact) mass is 419 g/mol. The largest absolute Gasteiger partial charge is 0.544 e. The van der Waals surface area contributed by atoms with Gasteiger partial charge in [-0.15, -0.1) is 0 Å². The third-order valence-corrected chi connectivity index (χ3v) is 5.94. The fourth-order valence-electron chi connectivity index (χ4n) is 4.15. The van der Waals surface area contributed by atoms with Crippen LogP contribution in [0.15, 0.2) is 29.5 Å². The summed E-state index contributed by atoms with van der Waals surface area (Å²) in [7, 11) is 0. The van der Waals surface area contributed by atoms with Crippen molar-refractivity contribution in [3.05, 3.63) is 24.6 Å². The average Bonchev–Trinajstić information content (AvgIpc) is 3.09. The van der Waals surface area contributed by atoms with Crippen LogP contribution in [0.4, 0.5) is 0 Å². The number of aliphatic imine (C=N–C) groups is 1. The number of quaternary nitrogens is 1. The molecule has 0 aliphatic carbocycles. The molecule has 0 radical (unpaired) electrons. The normalized spacial score (nSPS) is 18.4. The van der Waals surface area contributed by atoms with Gasteiger partial charge in [0, 0.05) is 13.0 Å². The highest BCUT2D eigenvalue weighted by molar-refractivity contribution is 5.80. The van der Waals surface area contributed by atoms with Crippen LogP contribution in [0.1, 0.15) is 103 Å². The van der Waals surface area contributed by atoms with Gasteiger partial charge in [0.25, 0.3) is 0 Å². The molecule has 30 heavy (non-hydrogen) atoms. The van der Waals surface area contributed by atoms with Gasteiger partial charge < -0.3 is 15.6 Å². The Bertz CT molecular complexity index is 543. The summed E-state index contributed by atoms with van der Waals surface area (Å²) in [5, 5.41) is 11.1. The van der Waals surface area contributed by atoms with E-state index < -0.39 is 5.97 Å². The number of unbranched alkanes of at least 4 members (excludes halogenated alkanes) is 12. The van der Waals surface area contributed by atoms with Gasteiger partial charge in [-0.25, -0.2) is 9.48 Å². The summed E-state index contributed by atoms with van der Waals surface area (Å²) in [6, 6.07) is 0. The third kappa shape index (κ3) is 11.7. The summed E-state index contributed by atoms with van der Waals surface area (Å²) in [6.45, 7) is 3.19. The molecule has 1 heterocycles. The molecule has 1 rings (SSSR count). The van der Waals surface area contributed by atoms with E-state index >= 15 is 0 Å². The van der Waals surface area contributed by atoms with Gasteiger partial charge in [-0.05, 0) is 32.1 Å². The van der Waals surface area contributed by atoms with Gasteiger partial charge in [-0.3, -0.25) is 0 Å². The van der Waals surface area contributed by atoms with E-state index in [-0.39, 0.29) is 11.0 Å². The molecule has 5 heteroatoms. The number of carbonyl (C=O) groups excluding carboxylic acids is 1. The molecule has 0 amide bonds. The summed E-state index contributed by atoms with van der Waals surface area (Å²) >= 11 is 0. The first-order valence-corrected chi connectivity index (χ1v) is 12.3. The average molecular weight is 420 g/mol. The SMILES string of the molecule is CCCCC/C=C/CCCCCCCCCCCC1=NC=C[N+]1(CCN)CC(=O)[O-]. The fraction of sp³-hybridized carbons (Fsp3) is 0.760. The number of carboxylic acid groups (broad SMARTS) is 1. The van der Waals surface area contributed by atoms with E-state index in [4.69, 9.17) is 5.73 Å². The lowest BCUT2D eigenvalue weighted by atomic mass is 10.0. The Morgan fingerprint density at radius 3 is 2.10 bits per heavy atom. The number of hydrogen-bond acceptors (Lipinski definition) is 4. The minimum atomic E-state index is -1.05. The number of allylic oxidation sites excluding steroid dienone is 2. The van der Waals surface area contributed by atoms with Crippen LogP contribution in [-0.2, 0) is 4.79 Å². The van der Waals surface area contributed by atoms with Gasteiger partial charge in [0.1, 0.15) is 19.3 Å². The highest BCUT2D eigenvalue weighted by Gasteiger charge is 2.34. The number of hydrogen-bond donors (Lipinski definition) is 1. The zero-order chi connectivity index (χ0) is 21.9. The van der Waals surface area contributed by atoms with Crippen LogP contribution in [-0.4, -0.2) is 35.9 Å². The molecular formula is C25H45N3O2. The van der Waals surface area contributed by atoms with Gasteiger partial charge in [0.15, 0.2) is 0 Å². The van der Waals surface area contributed by atoms with Gasteiger partial charge >= 0.3 is 0 Å². The number of nitrogens with zero attached hydrogens (tertiary/aromatic N) is 2. The summed E-state index contributed by atoms with van der Waals surface area (Å²) < 4.78 is 0.243. The van der Waals surface area contributed by atoms with Crippen LogP contribution >= 0.6 is 0 Å². The van der Waals surface area contributed by atoms with Crippen LogP contribution in [0.2, 0.25) is 0 Å². The Kier molecular flexibility index (Phi) is 15.3. The van der Waals surface area contributed by atoms with Crippen LogP contribution in [0.5, 0.6) is 0 Å². The van der Waals surface area contributed by atoms with Crippen molar-refractivity contribution >= 4 is 11.8 Å². The van der Waals surface area contributed by atoms with Crippen LogP contribution in [0.25, 0.3) is 0 Å². The van der Waals surface area contributed by atoms with Crippen molar-refractivity contribution in [2.75, 3.05) is 19.6 Å². The van der Waals surface area contributed by atoms with E-state index in [2.05, 4.69) is 24.1 Å². The third-order valence-electron chi connectivity index (χ3n) is 5.94. The first-order valence-electron chi connectivity index (χ1n) is 12.3. The molecule has 2 N–H and O–H groups in total. The number of rotatable bonds is 20. The lowest BCUT2D eigenvalue weighted by Crippen LogP contribution is -2.55. The first-order chi connectivity index (χ1) is 14.6. The summed E-state index contributed by atoms with van der Waals surface area (Å²) in [6.07, 6.45) is 27.1. The highest BCUT2D eigenvalue weighted by Crippen LogP contribution is 2.21. The molecule has 0 saturated heterocycles. The zero-order valence-corrected chi connectivity index (χ0v) is 19.3. The van der Waals surface area contributed by atoms with Gasteiger partial charge in [-0.1, -0.05) is 76.9 Å². The Morgan fingerprint density at radius 1 is 0.967 bits per heavy atom. The number of carboxylic acids is 1. The molecule has 0 saturated carbocycles. The molecule has 172 valence electrons. The molecule has 5 nitrogen and oxygen atoms in total. The van der Waals surface area contributed by atoms with E-state index in [9.17, 15) is 9.90 Å². The molecule has 1 atom stereocenters. The summed E-state index contributed by atoms with van der Waals surface area (Å²) in [5.74, 6) is -0.130. The van der Waals surface area contributed by atoms with E-state index in [0.29, 0.717) is 13.1 Å². The van der Waals surface area contributed by atoms with E-state index in [1.165, 1.54) is 83.5 Å². The Labute approximate surface area is 184 Å². The van der Waals surface area contributed by atoms with Gasteiger partial charge in [0.05, 0.1) is 12.2 Å². The van der Waals surface area contributed by atoms with Crippen LogP contribution < -0.4 is 10.8 Å². The predicted molar refractivity (Wildman–Crippen MR) is 125 cm³/mol. The number of nitrogens with two attached hydrogens (primary N) is 1. The van der Waals surface area contributed by atoms with Crippen molar-refractivity contribution in [1.82, 2.24) is 0 Å². The van der Waals surface area contributed by atoms with Crippen LogP contribution in [0, 0.1) is 0 Å². The second kappa shape index (κ2) is 17.2. The summed E-state index contributed by atoms with van der Waals surface area (Å²) in [4.78, 5) is 15.6. The number of amidine groups is 1. The molecule has 0 aromatic rings. The highest BCUT2D eigenvalue weighted by atomic mass is 16.4. The first kappa shape index (κ1) is 26.6. The maximum absolute atomic E-state index is 11.1. The lowest BCUT2D eigenvalue weighted by Gasteiger charge is -2.32. The van der Waals surface area contributed by atoms with Crippen molar-refractivity contribution in [3.8, 4) is 0 Å². The zero-order valence-electron chi connectivity index (χ0n) is 19.3. The molecule has 0 aromatic carbocycles. The standard InChI is InChI=1S/C25H45N3O2/c1-2-3-4-5-6-7-8-9-10-11-12-13-14-15-16-17-18-24-27-20-22-28(24,21-19-26)23-25(29)30/h6-7,20,22H,2-5,8-19,21,23,26H2,1H3/b7-6+. The van der Waals surface area contributed by atoms with Crippen LogP contribution in [0.3, 0.4) is 0 Å².